The molecule has 1 aromatic rings. The summed E-state index contributed by atoms with van der Waals surface area (Å²) in [6.07, 6.45) is 0. The molecule has 3 heteroatoms. The number of benzene rings is 1. The van der Waals surface area contributed by atoms with Crippen LogP contribution in [0.2, 0.25) is 0 Å². The molecule has 0 atom stereocenters. The van der Waals surface area contributed by atoms with E-state index in [2.05, 4.69) is 22.5 Å². The minimum Gasteiger partial charge on any atom is -0.428 e. The maximum atomic E-state index is 11.4. The Hall–Kier alpha value is -1.09. The van der Waals surface area contributed by atoms with Gasteiger partial charge in [-0.05, 0) is 35.0 Å². The summed E-state index contributed by atoms with van der Waals surface area (Å²) >= 11 is 3.26. The molecule has 0 N–H and O–H groups in total. The first-order valence-electron chi connectivity index (χ1n) is 3.73. The van der Waals surface area contributed by atoms with E-state index in [1.807, 2.05) is 6.07 Å². The predicted molar refractivity (Wildman–Crippen MR) is 54.4 cm³/mol. The largest absolute Gasteiger partial charge is 0.428 e. The van der Waals surface area contributed by atoms with Crippen molar-refractivity contribution in [3.05, 3.63) is 46.6 Å². The van der Waals surface area contributed by atoms with Crippen LogP contribution in [0.4, 0.5) is 0 Å². The molecule has 0 amide bonds. The molecule has 0 unspecified atom stereocenters. The van der Waals surface area contributed by atoms with Gasteiger partial charge >= 0.3 is 5.97 Å². The lowest BCUT2D eigenvalue weighted by atomic mass is 10.2. The SMILES string of the molecule is C=C(C)OC(=O)c1ccccc1Br. The molecule has 0 aliphatic rings. The monoisotopic (exact) mass is 240 g/mol. The van der Waals surface area contributed by atoms with Gasteiger partial charge in [0, 0.05) is 4.47 Å². The van der Waals surface area contributed by atoms with E-state index in [-0.39, 0.29) is 5.97 Å². The van der Waals surface area contributed by atoms with E-state index in [9.17, 15) is 4.79 Å². The maximum absolute atomic E-state index is 11.4. The number of hydrogen-bond donors (Lipinski definition) is 0. The highest BCUT2D eigenvalue weighted by Gasteiger charge is 2.10. The van der Waals surface area contributed by atoms with E-state index in [1.54, 1.807) is 25.1 Å². The maximum Gasteiger partial charge on any atom is 0.344 e. The third kappa shape index (κ3) is 2.70. The van der Waals surface area contributed by atoms with E-state index in [4.69, 9.17) is 4.74 Å². The quantitative estimate of drug-likeness (QED) is 0.587. The van der Waals surface area contributed by atoms with Gasteiger partial charge in [0.2, 0.25) is 0 Å². The van der Waals surface area contributed by atoms with Gasteiger partial charge in [-0.25, -0.2) is 4.79 Å². The summed E-state index contributed by atoms with van der Waals surface area (Å²) in [5.74, 6) is 0.000674. The van der Waals surface area contributed by atoms with Crippen LogP contribution in [0.25, 0.3) is 0 Å². The van der Waals surface area contributed by atoms with Gasteiger partial charge in [-0.2, -0.15) is 0 Å². The number of hydrogen-bond acceptors (Lipinski definition) is 2. The van der Waals surface area contributed by atoms with Gasteiger partial charge in [-0.15, -0.1) is 0 Å². The van der Waals surface area contributed by atoms with Crippen LogP contribution in [0, 0.1) is 0 Å². The van der Waals surface area contributed by atoms with Crippen LogP contribution >= 0.6 is 15.9 Å². The molecule has 0 radical (unpaired) electrons. The number of carbonyl (C=O) groups is 1. The zero-order chi connectivity index (χ0) is 9.84. The van der Waals surface area contributed by atoms with Crippen molar-refractivity contribution in [3.8, 4) is 0 Å². The predicted octanol–water partition coefficient (Wildman–Crippen LogP) is 3.14. The summed E-state index contributed by atoms with van der Waals surface area (Å²) in [6.45, 7) is 5.13. The Kier molecular flexibility index (Phi) is 3.25. The Labute approximate surface area is 85.3 Å². The average molecular weight is 241 g/mol. The number of allylic oxidation sites excluding steroid dienone is 1. The smallest absolute Gasteiger partial charge is 0.344 e. The van der Waals surface area contributed by atoms with Crippen LogP contribution in [-0.4, -0.2) is 5.97 Å². The molecular weight excluding hydrogens is 232 g/mol. The molecule has 2 nitrogen and oxygen atoms in total. The van der Waals surface area contributed by atoms with Gasteiger partial charge in [0.15, 0.2) is 0 Å². The average Bonchev–Trinajstić information content (AvgIpc) is 2.03. The van der Waals surface area contributed by atoms with Crippen LogP contribution in [0.15, 0.2) is 41.1 Å². The summed E-state index contributed by atoms with van der Waals surface area (Å²) < 4.78 is 5.58. The minimum atomic E-state index is -0.389. The molecule has 1 rings (SSSR count). The molecule has 1 aromatic carbocycles. The van der Waals surface area contributed by atoms with Crippen molar-refractivity contribution < 1.29 is 9.53 Å². The lowest BCUT2D eigenvalue weighted by Crippen LogP contribution is -2.03. The topological polar surface area (TPSA) is 26.3 Å². The fraction of sp³-hybridized carbons (Fsp3) is 0.100. The first kappa shape index (κ1) is 9.99. The summed E-state index contributed by atoms with van der Waals surface area (Å²) in [5, 5.41) is 0. The molecule has 0 saturated carbocycles. The Balaban J connectivity index is 2.89. The first-order chi connectivity index (χ1) is 6.11. The van der Waals surface area contributed by atoms with Gasteiger partial charge in [-0.3, -0.25) is 0 Å². The van der Waals surface area contributed by atoms with Crippen molar-refractivity contribution in [2.45, 2.75) is 6.92 Å². The van der Waals surface area contributed by atoms with Crippen LogP contribution in [0.5, 0.6) is 0 Å². The molecule has 0 aromatic heterocycles. The fourth-order valence-corrected chi connectivity index (χ4v) is 1.29. The highest BCUT2D eigenvalue weighted by molar-refractivity contribution is 9.10. The molecule has 0 saturated heterocycles. The van der Waals surface area contributed by atoms with Crippen LogP contribution in [-0.2, 0) is 4.74 Å². The van der Waals surface area contributed by atoms with Crippen LogP contribution in [0.1, 0.15) is 17.3 Å². The standard InChI is InChI=1S/C10H9BrO2/c1-7(2)13-10(12)8-5-3-4-6-9(8)11/h3-6H,1H2,2H3. The van der Waals surface area contributed by atoms with Crippen molar-refractivity contribution >= 4 is 21.9 Å². The summed E-state index contributed by atoms with van der Waals surface area (Å²) in [5.41, 5.74) is 0.505. The van der Waals surface area contributed by atoms with Crippen LogP contribution in [0.3, 0.4) is 0 Å². The Morgan fingerprint density at radius 2 is 2.08 bits per heavy atom. The summed E-state index contributed by atoms with van der Waals surface area (Å²) in [7, 11) is 0. The van der Waals surface area contributed by atoms with Gasteiger partial charge in [0.05, 0.1) is 11.3 Å². The minimum absolute atomic E-state index is 0.389. The number of halogens is 1. The van der Waals surface area contributed by atoms with Crippen molar-refractivity contribution in [1.29, 1.82) is 0 Å². The molecule has 0 aliphatic carbocycles. The second-order valence-electron chi connectivity index (χ2n) is 2.57. The van der Waals surface area contributed by atoms with Gasteiger partial charge in [0.25, 0.3) is 0 Å². The van der Waals surface area contributed by atoms with Crippen molar-refractivity contribution in [3.63, 3.8) is 0 Å². The van der Waals surface area contributed by atoms with E-state index in [0.717, 1.165) is 4.47 Å². The van der Waals surface area contributed by atoms with Crippen molar-refractivity contribution in [2.24, 2.45) is 0 Å². The van der Waals surface area contributed by atoms with Crippen LogP contribution < -0.4 is 0 Å². The molecule has 0 spiro atoms. The second kappa shape index (κ2) is 4.23. The van der Waals surface area contributed by atoms with Crippen molar-refractivity contribution in [2.75, 3.05) is 0 Å². The molecule has 68 valence electrons. The zero-order valence-corrected chi connectivity index (χ0v) is 8.80. The summed E-state index contributed by atoms with van der Waals surface area (Å²) in [6, 6.07) is 7.09. The molecule has 0 bridgehead atoms. The fourth-order valence-electron chi connectivity index (χ4n) is 0.840. The number of ether oxygens (including phenoxy) is 1. The number of carbonyl (C=O) groups excluding carboxylic acids is 1. The van der Waals surface area contributed by atoms with E-state index < -0.39 is 0 Å². The van der Waals surface area contributed by atoms with E-state index in [0.29, 0.717) is 11.3 Å². The molecule has 13 heavy (non-hydrogen) atoms. The highest BCUT2D eigenvalue weighted by Crippen LogP contribution is 2.17. The molecule has 0 heterocycles. The second-order valence-corrected chi connectivity index (χ2v) is 3.43. The lowest BCUT2D eigenvalue weighted by Gasteiger charge is -2.03. The third-order valence-corrected chi connectivity index (χ3v) is 2.05. The molecule has 0 aliphatic heterocycles. The van der Waals surface area contributed by atoms with Gasteiger partial charge in [0.1, 0.15) is 0 Å². The molecule has 0 fully saturated rings. The normalized spacial score (nSPS) is 9.38. The highest BCUT2D eigenvalue weighted by atomic mass is 79.9. The first-order valence-corrected chi connectivity index (χ1v) is 4.53. The van der Waals surface area contributed by atoms with Gasteiger partial charge < -0.3 is 4.74 Å². The van der Waals surface area contributed by atoms with Gasteiger partial charge in [-0.1, -0.05) is 18.7 Å². The Bertz CT molecular complexity index is 345. The summed E-state index contributed by atoms with van der Waals surface area (Å²) in [4.78, 5) is 11.4. The van der Waals surface area contributed by atoms with E-state index in [1.165, 1.54) is 0 Å². The number of rotatable bonds is 2. The van der Waals surface area contributed by atoms with Crippen molar-refractivity contribution in [1.82, 2.24) is 0 Å². The Morgan fingerprint density at radius 3 is 2.62 bits per heavy atom. The zero-order valence-electron chi connectivity index (χ0n) is 7.21. The molecular formula is C10H9BrO2. The van der Waals surface area contributed by atoms with E-state index >= 15 is 0 Å². The lowest BCUT2D eigenvalue weighted by molar-refractivity contribution is 0.0627. The number of esters is 1. The third-order valence-electron chi connectivity index (χ3n) is 1.36. The Morgan fingerprint density at radius 1 is 1.46 bits per heavy atom.